The SMILES string of the molecule is CCCCCCCCC=CCCCCCCCC(=O)OP(=O)(O)Oc1ccccc1. The summed E-state index contributed by atoms with van der Waals surface area (Å²) in [5.41, 5.74) is 0. The lowest BCUT2D eigenvalue weighted by Crippen LogP contribution is -2.06. The minimum atomic E-state index is -4.42. The Kier molecular flexibility index (Phi) is 15.1. The minimum Gasteiger partial charge on any atom is -0.395 e. The van der Waals surface area contributed by atoms with Crippen molar-refractivity contribution in [1.82, 2.24) is 0 Å². The molecule has 0 aliphatic heterocycles. The van der Waals surface area contributed by atoms with Crippen molar-refractivity contribution in [3.63, 3.8) is 0 Å². The molecular formula is C24H39O5P. The minimum absolute atomic E-state index is 0.126. The Bertz CT molecular complexity index is 630. The Morgan fingerprint density at radius 3 is 2.00 bits per heavy atom. The Balaban J connectivity index is 1.95. The number of carbonyl (C=O) groups excluding carboxylic acids is 1. The first-order valence-electron chi connectivity index (χ1n) is 11.5. The molecule has 1 atom stereocenters. The van der Waals surface area contributed by atoms with E-state index in [1.54, 1.807) is 18.2 Å². The van der Waals surface area contributed by atoms with Gasteiger partial charge in [-0.3, -0.25) is 9.69 Å². The summed E-state index contributed by atoms with van der Waals surface area (Å²) in [5, 5.41) is 0. The molecule has 1 rings (SSSR count). The van der Waals surface area contributed by atoms with E-state index in [-0.39, 0.29) is 12.2 Å². The third-order valence-electron chi connectivity index (χ3n) is 4.82. The standard InChI is InChI=1S/C24H39O5P/c1-2-3-4-5-6-7-8-9-10-11-12-13-14-15-19-22-24(25)29-30(26,27)28-23-20-17-16-18-21-23/h9-10,16-18,20-21H,2-8,11-15,19,22H2,1H3,(H,26,27). The van der Waals surface area contributed by atoms with E-state index in [1.165, 1.54) is 57.1 Å². The molecule has 0 saturated heterocycles. The maximum Gasteiger partial charge on any atom is 0.587 e. The summed E-state index contributed by atoms with van der Waals surface area (Å²) in [5.74, 6) is -0.508. The molecule has 0 spiro atoms. The van der Waals surface area contributed by atoms with Crippen molar-refractivity contribution >= 4 is 13.8 Å². The molecule has 0 fully saturated rings. The number of rotatable bonds is 18. The summed E-state index contributed by atoms with van der Waals surface area (Å²) >= 11 is 0. The van der Waals surface area contributed by atoms with Gasteiger partial charge in [0.1, 0.15) is 5.75 Å². The van der Waals surface area contributed by atoms with Gasteiger partial charge in [0.15, 0.2) is 0 Å². The predicted octanol–water partition coefficient (Wildman–Crippen LogP) is 7.75. The van der Waals surface area contributed by atoms with Gasteiger partial charge in [-0.25, -0.2) is 4.57 Å². The summed E-state index contributed by atoms with van der Waals surface area (Å²) in [6.07, 6.45) is 20.0. The average molecular weight is 439 g/mol. The number of hydrogen-bond acceptors (Lipinski definition) is 4. The fourth-order valence-corrected chi connectivity index (χ4v) is 3.92. The van der Waals surface area contributed by atoms with Crippen LogP contribution in [0.1, 0.15) is 96.8 Å². The van der Waals surface area contributed by atoms with Crippen LogP contribution >= 0.6 is 7.82 Å². The molecule has 1 unspecified atom stereocenters. The van der Waals surface area contributed by atoms with Crippen LogP contribution in [-0.4, -0.2) is 10.9 Å². The molecule has 30 heavy (non-hydrogen) atoms. The Morgan fingerprint density at radius 2 is 1.40 bits per heavy atom. The van der Waals surface area contributed by atoms with Crippen molar-refractivity contribution in [3.8, 4) is 5.75 Å². The number of unbranched alkanes of at least 4 members (excludes halogenated alkanes) is 11. The van der Waals surface area contributed by atoms with Crippen LogP contribution in [0.3, 0.4) is 0 Å². The van der Waals surface area contributed by atoms with Gasteiger partial charge >= 0.3 is 13.8 Å². The Labute approximate surface area is 182 Å². The largest absolute Gasteiger partial charge is 0.587 e. The second kappa shape index (κ2) is 17.1. The molecule has 5 nitrogen and oxygen atoms in total. The number of para-hydroxylation sites is 1. The van der Waals surface area contributed by atoms with Crippen molar-refractivity contribution in [3.05, 3.63) is 42.5 Å². The zero-order valence-corrected chi connectivity index (χ0v) is 19.4. The van der Waals surface area contributed by atoms with Gasteiger partial charge in [-0.2, -0.15) is 0 Å². The lowest BCUT2D eigenvalue weighted by molar-refractivity contribution is -0.135. The van der Waals surface area contributed by atoms with Crippen LogP contribution in [0.5, 0.6) is 5.75 Å². The van der Waals surface area contributed by atoms with Crippen molar-refractivity contribution in [2.45, 2.75) is 96.8 Å². The van der Waals surface area contributed by atoms with E-state index in [0.717, 1.165) is 32.1 Å². The molecule has 1 aromatic carbocycles. The van der Waals surface area contributed by atoms with E-state index in [9.17, 15) is 14.3 Å². The number of allylic oxidation sites excluding steroid dienone is 2. The van der Waals surface area contributed by atoms with Gasteiger partial charge in [0, 0.05) is 6.42 Å². The topological polar surface area (TPSA) is 72.8 Å². The molecule has 0 saturated carbocycles. The lowest BCUT2D eigenvalue weighted by Gasteiger charge is -2.12. The van der Waals surface area contributed by atoms with Crippen molar-refractivity contribution in [2.75, 3.05) is 0 Å². The number of phosphoric ester groups is 1. The second-order valence-electron chi connectivity index (χ2n) is 7.67. The summed E-state index contributed by atoms with van der Waals surface area (Å²) in [4.78, 5) is 21.4. The van der Waals surface area contributed by atoms with E-state index >= 15 is 0 Å². The third kappa shape index (κ3) is 15.3. The van der Waals surface area contributed by atoms with Crippen LogP contribution in [0, 0.1) is 0 Å². The van der Waals surface area contributed by atoms with Crippen LogP contribution in [0.15, 0.2) is 42.5 Å². The fraction of sp³-hybridized carbons (Fsp3) is 0.625. The lowest BCUT2D eigenvalue weighted by atomic mass is 10.1. The molecular weight excluding hydrogens is 399 g/mol. The van der Waals surface area contributed by atoms with E-state index < -0.39 is 13.8 Å². The van der Waals surface area contributed by atoms with Crippen LogP contribution < -0.4 is 4.52 Å². The highest BCUT2D eigenvalue weighted by atomic mass is 31.2. The van der Waals surface area contributed by atoms with E-state index in [2.05, 4.69) is 23.6 Å². The monoisotopic (exact) mass is 438 g/mol. The normalized spacial score (nSPS) is 13.3. The molecule has 0 radical (unpaired) electrons. The molecule has 1 N–H and O–H groups in total. The van der Waals surface area contributed by atoms with Gasteiger partial charge in [0.2, 0.25) is 0 Å². The van der Waals surface area contributed by atoms with Crippen LogP contribution in [-0.2, 0) is 13.9 Å². The summed E-state index contributed by atoms with van der Waals surface area (Å²) < 4.78 is 21.3. The molecule has 0 aliphatic carbocycles. The third-order valence-corrected chi connectivity index (χ3v) is 5.70. The van der Waals surface area contributed by atoms with Gasteiger partial charge in [-0.05, 0) is 44.2 Å². The summed E-state index contributed by atoms with van der Waals surface area (Å²) in [7, 11) is -4.42. The fourth-order valence-electron chi connectivity index (χ4n) is 3.15. The smallest absolute Gasteiger partial charge is 0.395 e. The Morgan fingerprint density at radius 1 is 0.867 bits per heavy atom. The molecule has 1 aromatic rings. The first kappa shape index (κ1) is 26.5. The molecule has 0 amide bonds. The maximum atomic E-state index is 11.8. The van der Waals surface area contributed by atoms with Gasteiger partial charge in [-0.1, -0.05) is 88.6 Å². The van der Waals surface area contributed by atoms with Gasteiger partial charge in [0.25, 0.3) is 0 Å². The molecule has 170 valence electrons. The van der Waals surface area contributed by atoms with Crippen molar-refractivity contribution < 1.29 is 23.3 Å². The molecule has 0 heterocycles. The van der Waals surface area contributed by atoms with Crippen molar-refractivity contribution in [2.24, 2.45) is 0 Å². The number of hydrogen-bond donors (Lipinski definition) is 1. The highest BCUT2D eigenvalue weighted by Crippen LogP contribution is 2.44. The molecule has 0 bridgehead atoms. The summed E-state index contributed by atoms with van der Waals surface area (Å²) in [6.45, 7) is 2.25. The maximum absolute atomic E-state index is 11.8. The van der Waals surface area contributed by atoms with Crippen LogP contribution in [0.4, 0.5) is 0 Å². The quantitative estimate of drug-likeness (QED) is 0.144. The highest BCUT2D eigenvalue weighted by molar-refractivity contribution is 7.48. The first-order chi connectivity index (χ1) is 14.5. The summed E-state index contributed by atoms with van der Waals surface area (Å²) in [6, 6.07) is 8.15. The molecule has 0 aliphatic rings. The van der Waals surface area contributed by atoms with E-state index in [1.807, 2.05) is 0 Å². The van der Waals surface area contributed by atoms with Crippen LogP contribution in [0.25, 0.3) is 0 Å². The zero-order valence-electron chi connectivity index (χ0n) is 18.5. The van der Waals surface area contributed by atoms with Crippen molar-refractivity contribution in [1.29, 1.82) is 0 Å². The van der Waals surface area contributed by atoms with Gasteiger partial charge in [-0.15, -0.1) is 0 Å². The number of carbonyl (C=O) groups is 1. The molecule has 0 aromatic heterocycles. The van der Waals surface area contributed by atoms with E-state index in [0.29, 0.717) is 6.42 Å². The predicted molar refractivity (Wildman–Crippen MR) is 122 cm³/mol. The number of benzene rings is 1. The highest BCUT2D eigenvalue weighted by Gasteiger charge is 2.27. The Hall–Kier alpha value is -1.58. The molecule has 6 heteroatoms. The number of phosphoric acid groups is 1. The van der Waals surface area contributed by atoms with Crippen LogP contribution in [0.2, 0.25) is 0 Å². The van der Waals surface area contributed by atoms with E-state index in [4.69, 9.17) is 4.52 Å². The zero-order chi connectivity index (χ0) is 21.9. The van der Waals surface area contributed by atoms with Gasteiger partial charge in [0.05, 0.1) is 0 Å². The second-order valence-corrected chi connectivity index (χ2v) is 8.97. The average Bonchev–Trinajstić information content (AvgIpc) is 2.71. The first-order valence-corrected chi connectivity index (χ1v) is 13.0. The van der Waals surface area contributed by atoms with Gasteiger partial charge < -0.3 is 9.05 Å².